The lowest BCUT2D eigenvalue weighted by Crippen LogP contribution is -2.38. The molecule has 0 heterocycles. The fourth-order valence-corrected chi connectivity index (χ4v) is 1.68. The van der Waals surface area contributed by atoms with Gasteiger partial charge in [-0.3, -0.25) is 0 Å². The summed E-state index contributed by atoms with van der Waals surface area (Å²) < 4.78 is 0. The Kier molecular flexibility index (Phi) is 3.43. The van der Waals surface area contributed by atoms with Crippen molar-refractivity contribution in [1.29, 1.82) is 0 Å². The van der Waals surface area contributed by atoms with Gasteiger partial charge >= 0.3 is 0 Å². The van der Waals surface area contributed by atoms with Gasteiger partial charge in [0.05, 0.1) is 0 Å². The first kappa shape index (κ1) is 8.60. The van der Waals surface area contributed by atoms with Crippen LogP contribution in [0.15, 0.2) is 12.8 Å². The molecule has 0 amide bonds. The van der Waals surface area contributed by atoms with Gasteiger partial charge in [-0.25, -0.2) is 0 Å². The summed E-state index contributed by atoms with van der Waals surface area (Å²) in [5.41, 5.74) is 5.42. The van der Waals surface area contributed by atoms with Crippen molar-refractivity contribution >= 4 is 0 Å². The van der Waals surface area contributed by atoms with Crippen molar-refractivity contribution in [3.8, 4) is 0 Å². The quantitative estimate of drug-likeness (QED) is 0.625. The van der Waals surface area contributed by atoms with E-state index >= 15 is 0 Å². The summed E-state index contributed by atoms with van der Waals surface area (Å²) in [4.78, 5) is 0. The van der Waals surface area contributed by atoms with Gasteiger partial charge in [0, 0.05) is 6.04 Å². The monoisotopic (exact) mass is 154 g/mol. The molecule has 0 atom stereocenters. The molecule has 3 N–H and O–H groups in total. The van der Waals surface area contributed by atoms with Crippen LogP contribution in [0.1, 0.15) is 25.7 Å². The summed E-state index contributed by atoms with van der Waals surface area (Å²) in [6.45, 7) is 4.48. The van der Waals surface area contributed by atoms with Gasteiger partial charge in [-0.2, -0.15) is 0 Å². The third-order valence-electron chi connectivity index (χ3n) is 2.41. The second kappa shape index (κ2) is 4.39. The van der Waals surface area contributed by atoms with E-state index in [0.29, 0.717) is 6.04 Å². The van der Waals surface area contributed by atoms with Gasteiger partial charge in [0.2, 0.25) is 0 Å². The molecule has 11 heavy (non-hydrogen) atoms. The third kappa shape index (κ3) is 2.54. The van der Waals surface area contributed by atoms with E-state index in [2.05, 4.69) is 11.9 Å². The van der Waals surface area contributed by atoms with Crippen molar-refractivity contribution in [2.24, 2.45) is 11.7 Å². The molecule has 0 spiro atoms. The van der Waals surface area contributed by atoms with E-state index in [4.69, 9.17) is 5.73 Å². The predicted octanol–water partition coefficient (Wildman–Crippen LogP) is 1.24. The summed E-state index contributed by atoms with van der Waals surface area (Å²) in [7, 11) is 0. The molecule has 1 rings (SSSR count). The Balaban J connectivity index is 1.95. The van der Waals surface area contributed by atoms with E-state index in [0.717, 1.165) is 12.5 Å². The van der Waals surface area contributed by atoms with E-state index < -0.39 is 0 Å². The minimum Gasteiger partial charge on any atom is -0.389 e. The normalized spacial score (nSPS) is 29.2. The molecule has 0 aromatic heterocycles. The van der Waals surface area contributed by atoms with Gasteiger partial charge < -0.3 is 11.1 Å². The minimum absolute atomic E-state index is 0.704. The standard InChI is InChI=1S/C9H18N2/c1-2-11-9-6-8(7-9)4-3-5-10/h2,8-9,11H,1,3-7,10H2. The molecule has 0 saturated heterocycles. The Labute approximate surface area is 68.9 Å². The first-order valence-electron chi connectivity index (χ1n) is 4.44. The van der Waals surface area contributed by atoms with Gasteiger partial charge in [0.25, 0.3) is 0 Å². The van der Waals surface area contributed by atoms with E-state index in [9.17, 15) is 0 Å². The molecule has 1 saturated carbocycles. The van der Waals surface area contributed by atoms with Gasteiger partial charge in [-0.15, -0.1) is 0 Å². The number of nitrogens with one attached hydrogen (secondary N) is 1. The molecule has 0 aromatic rings. The maximum atomic E-state index is 5.42. The van der Waals surface area contributed by atoms with Crippen LogP contribution in [0, 0.1) is 5.92 Å². The Morgan fingerprint density at radius 2 is 2.27 bits per heavy atom. The molecule has 1 fully saturated rings. The van der Waals surface area contributed by atoms with Crippen molar-refractivity contribution in [3.05, 3.63) is 12.8 Å². The highest BCUT2D eigenvalue weighted by atomic mass is 14.9. The molecule has 64 valence electrons. The summed E-state index contributed by atoms with van der Waals surface area (Å²) in [6.07, 6.45) is 6.92. The van der Waals surface area contributed by atoms with Crippen LogP contribution in [0.4, 0.5) is 0 Å². The van der Waals surface area contributed by atoms with E-state index in [1.807, 2.05) is 0 Å². The molecule has 1 aliphatic carbocycles. The zero-order valence-electron chi connectivity index (χ0n) is 7.05. The lowest BCUT2D eigenvalue weighted by Gasteiger charge is -2.35. The van der Waals surface area contributed by atoms with Crippen molar-refractivity contribution in [3.63, 3.8) is 0 Å². The maximum absolute atomic E-state index is 5.42. The summed E-state index contributed by atoms with van der Waals surface area (Å²) >= 11 is 0. The molecular formula is C9H18N2. The molecule has 0 aromatic carbocycles. The largest absolute Gasteiger partial charge is 0.389 e. The lowest BCUT2D eigenvalue weighted by atomic mass is 9.77. The number of rotatable bonds is 5. The van der Waals surface area contributed by atoms with E-state index in [1.54, 1.807) is 6.20 Å². The van der Waals surface area contributed by atoms with Crippen LogP contribution in [0.25, 0.3) is 0 Å². The average molecular weight is 154 g/mol. The van der Waals surface area contributed by atoms with Crippen LogP contribution in [0.3, 0.4) is 0 Å². The maximum Gasteiger partial charge on any atom is 0.0260 e. The van der Waals surface area contributed by atoms with Crippen LogP contribution >= 0.6 is 0 Å². The van der Waals surface area contributed by atoms with E-state index in [1.165, 1.54) is 25.7 Å². The zero-order valence-corrected chi connectivity index (χ0v) is 7.05. The predicted molar refractivity (Wildman–Crippen MR) is 48.1 cm³/mol. The second-order valence-corrected chi connectivity index (χ2v) is 3.34. The zero-order chi connectivity index (χ0) is 8.10. The molecular weight excluding hydrogens is 136 g/mol. The number of hydrogen-bond donors (Lipinski definition) is 2. The van der Waals surface area contributed by atoms with Crippen LogP contribution in [-0.4, -0.2) is 12.6 Å². The highest BCUT2D eigenvalue weighted by Gasteiger charge is 2.26. The smallest absolute Gasteiger partial charge is 0.0260 e. The Hall–Kier alpha value is -0.500. The topological polar surface area (TPSA) is 38.0 Å². The lowest BCUT2D eigenvalue weighted by molar-refractivity contribution is 0.223. The van der Waals surface area contributed by atoms with Gasteiger partial charge in [0.15, 0.2) is 0 Å². The fourth-order valence-electron chi connectivity index (χ4n) is 1.68. The summed E-state index contributed by atoms with van der Waals surface area (Å²) in [6, 6.07) is 0.704. The van der Waals surface area contributed by atoms with Gasteiger partial charge in [-0.05, 0) is 44.3 Å². The van der Waals surface area contributed by atoms with Crippen molar-refractivity contribution in [2.75, 3.05) is 6.54 Å². The Bertz CT molecular complexity index is 117. The van der Waals surface area contributed by atoms with Crippen molar-refractivity contribution < 1.29 is 0 Å². The van der Waals surface area contributed by atoms with Crippen LogP contribution in [0.5, 0.6) is 0 Å². The summed E-state index contributed by atoms with van der Waals surface area (Å²) in [5.74, 6) is 0.927. The first-order chi connectivity index (χ1) is 5.36. The van der Waals surface area contributed by atoms with Gasteiger partial charge in [0.1, 0.15) is 0 Å². The van der Waals surface area contributed by atoms with Crippen LogP contribution < -0.4 is 11.1 Å². The van der Waals surface area contributed by atoms with Crippen molar-refractivity contribution in [2.45, 2.75) is 31.7 Å². The third-order valence-corrected chi connectivity index (χ3v) is 2.41. The molecule has 0 aliphatic heterocycles. The van der Waals surface area contributed by atoms with Crippen LogP contribution in [0.2, 0.25) is 0 Å². The average Bonchev–Trinajstić information content (AvgIpc) is 1.94. The fraction of sp³-hybridized carbons (Fsp3) is 0.778. The number of hydrogen-bond acceptors (Lipinski definition) is 2. The van der Waals surface area contributed by atoms with E-state index in [-0.39, 0.29) is 0 Å². The highest BCUT2D eigenvalue weighted by Crippen LogP contribution is 2.30. The number of nitrogens with two attached hydrogens (primary N) is 1. The SMILES string of the molecule is C=CNC1CC(CCCN)C1. The Morgan fingerprint density at radius 3 is 2.82 bits per heavy atom. The molecule has 0 bridgehead atoms. The molecule has 2 nitrogen and oxygen atoms in total. The summed E-state index contributed by atoms with van der Waals surface area (Å²) in [5, 5.41) is 3.22. The minimum atomic E-state index is 0.704. The molecule has 0 unspecified atom stereocenters. The first-order valence-corrected chi connectivity index (χ1v) is 4.44. The molecule has 0 radical (unpaired) electrons. The Morgan fingerprint density at radius 1 is 1.55 bits per heavy atom. The second-order valence-electron chi connectivity index (χ2n) is 3.34. The van der Waals surface area contributed by atoms with Crippen LogP contribution in [-0.2, 0) is 0 Å². The molecule has 2 heteroatoms. The molecule has 1 aliphatic rings. The van der Waals surface area contributed by atoms with Gasteiger partial charge in [-0.1, -0.05) is 6.58 Å². The highest BCUT2D eigenvalue weighted by molar-refractivity contribution is 4.87. The van der Waals surface area contributed by atoms with Crippen molar-refractivity contribution in [1.82, 2.24) is 5.32 Å².